The topological polar surface area (TPSA) is 41.1 Å². The Bertz CT molecular complexity index is 588. The smallest absolute Gasteiger partial charge is 0.224 e. The molecule has 0 spiro atoms. The van der Waals surface area contributed by atoms with Crippen LogP contribution in [-0.4, -0.2) is 30.1 Å². The summed E-state index contributed by atoms with van der Waals surface area (Å²) in [6.45, 7) is 1.92. The van der Waals surface area contributed by atoms with Crippen LogP contribution in [0.4, 0.5) is 11.8 Å². The van der Waals surface area contributed by atoms with E-state index in [9.17, 15) is 0 Å². The molecule has 0 amide bonds. The molecule has 104 valence electrons. The first-order valence-electron chi connectivity index (χ1n) is 6.78. The predicted octanol–water partition coefficient (Wildman–Crippen LogP) is 3.17. The van der Waals surface area contributed by atoms with Crippen molar-refractivity contribution in [3.05, 3.63) is 47.1 Å². The Morgan fingerprint density at radius 1 is 1.30 bits per heavy atom. The standard InChI is InChI=1S/C15H17ClN4/c1-17-15-18-9-13(16)14(19-15)20-8-7-12(10-20)11-5-3-2-4-6-11/h2-6,9,12H,7-8,10H2,1H3,(H,17,18,19). The van der Waals surface area contributed by atoms with E-state index in [0.717, 1.165) is 25.3 Å². The number of hydrogen-bond donors (Lipinski definition) is 1. The molecule has 0 saturated carbocycles. The van der Waals surface area contributed by atoms with Crippen molar-refractivity contribution in [1.82, 2.24) is 9.97 Å². The highest BCUT2D eigenvalue weighted by molar-refractivity contribution is 6.32. The Balaban J connectivity index is 1.80. The minimum Gasteiger partial charge on any atom is -0.357 e. The van der Waals surface area contributed by atoms with E-state index in [0.29, 0.717) is 16.9 Å². The van der Waals surface area contributed by atoms with Gasteiger partial charge < -0.3 is 10.2 Å². The first-order chi connectivity index (χ1) is 9.78. The average Bonchev–Trinajstić information content (AvgIpc) is 2.98. The van der Waals surface area contributed by atoms with Crippen molar-refractivity contribution in [2.24, 2.45) is 0 Å². The van der Waals surface area contributed by atoms with Crippen LogP contribution in [0.3, 0.4) is 0 Å². The Morgan fingerprint density at radius 2 is 2.10 bits per heavy atom. The molecule has 1 aromatic carbocycles. The van der Waals surface area contributed by atoms with Gasteiger partial charge >= 0.3 is 0 Å². The van der Waals surface area contributed by atoms with Crippen LogP contribution in [0.15, 0.2) is 36.5 Å². The fourth-order valence-electron chi connectivity index (χ4n) is 2.65. The van der Waals surface area contributed by atoms with E-state index in [1.807, 2.05) is 7.05 Å². The fraction of sp³-hybridized carbons (Fsp3) is 0.333. The summed E-state index contributed by atoms with van der Waals surface area (Å²) in [5.41, 5.74) is 1.38. The summed E-state index contributed by atoms with van der Waals surface area (Å²) in [4.78, 5) is 10.8. The molecule has 1 aliphatic rings. The van der Waals surface area contributed by atoms with E-state index in [1.165, 1.54) is 5.56 Å². The maximum Gasteiger partial charge on any atom is 0.224 e. The van der Waals surface area contributed by atoms with Gasteiger partial charge in [0, 0.05) is 26.1 Å². The van der Waals surface area contributed by atoms with Crippen LogP contribution in [-0.2, 0) is 0 Å². The molecule has 2 aromatic rings. The lowest BCUT2D eigenvalue weighted by Crippen LogP contribution is -2.21. The largest absolute Gasteiger partial charge is 0.357 e. The second-order valence-electron chi connectivity index (χ2n) is 4.96. The fourth-order valence-corrected chi connectivity index (χ4v) is 2.86. The van der Waals surface area contributed by atoms with E-state index in [2.05, 4.69) is 50.5 Å². The summed E-state index contributed by atoms with van der Waals surface area (Å²) in [7, 11) is 1.81. The van der Waals surface area contributed by atoms with Crippen LogP contribution in [0.2, 0.25) is 5.02 Å². The first kappa shape index (κ1) is 13.2. The van der Waals surface area contributed by atoms with Gasteiger partial charge in [-0.05, 0) is 12.0 Å². The first-order valence-corrected chi connectivity index (χ1v) is 7.16. The second-order valence-corrected chi connectivity index (χ2v) is 5.36. The molecule has 1 aliphatic heterocycles. The molecule has 1 unspecified atom stereocenters. The number of halogens is 1. The third-order valence-corrected chi connectivity index (χ3v) is 3.97. The van der Waals surface area contributed by atoms with Crippen LogP contribution in [0, 0.1) is 0 Å². The summed E-state index contributed by atoms with van der Waals surface area (Å²) in [5, 5.41) is 3.56. The zero-order chi connectivity index (χ0) is 13.9. The van der Waals surface area contributed by atoms with Gasteiger partial charge in [0.15, 0.2) is 5.82 Å². The zero-order valence-corrected chi connectivity index (χ0v) is 12.1. The zero-order valence-electron chi connectivity index (χ0n) is 11.4. The molecular weight excluding hydrogens is 272 g/mol. The Labute approximate surface area is 123 Å². The van der Waals surface area contributed by atoms with Crippen molar-refractivity contribution in [2.75, 3.05) is 30.4 Å². The number of anilines is 2. The molecule has 1 fully saturated rings. The normalized spacial score (nSPS) is 18.3. The van der Waals surface area contributed by atoms with Gasteiger partial charge in [-0.15, -0.1) is 0 Å². The van der Waals surface area contributed by atoms with E-state index >= 15 is 0 Å². The third kappa shape index (κ3) is 2.56. The van der Waals surface area contributed by atoms with Crippen molar-refractivity contribution in [1.29, 1.82) is 0 Å². The van der Waals surface area contributed by atoms with Crippen molar-refractivity contribution in [2.45, 2.75) is 12.3 Å². The van der Waals surface area contributed by atoms with Gasteiger partial charge in [-0.2, -0.15) is 4.98 Å². The number of hydrogen-bond acceptors (Lipinski definition) is 4. The molecule has 5 heteroatoms. The molecule has 3 rings (SSSR count). The number of benzene rings is 1. The molecule has 1 saturated heterocycles. The SMILES string of the molecule is CNc1ncc(Cl)c(N2CCC(c3ccccc3)C2)n1. The maximum absolute atomic E-state index is 6.23. The van der Waals surface area contributed by atoms with Gasteiger partial charge in [0.2, 0.25) is 5.95 Å². The lowest BCUT2D eigenvalue weighted by Gasteiger charge is -2.19. The summed E-state index contributed by atoms with van der Waals surface area (Å²) < 4.78 is 0. The molecule has 0 aliphatic carbocycles. The molecule has 20 heavy (non-hydrogen) atoms. The van der Waals surface area contributed by atoms with Crippen molar-refractivity contribution < 1.29 is 0 Å². The number of nitrogens with one attached hydrogen (secondary N) is 1. The van der Waals surface area contributed by atoms with Gasteiger partial charge in [-0.1, -0.05) is 41.9 Å². The highest BCUT2D eigenvalue weighted by Gasteiger charge is 2.26. The molecular formula is C15H17ClN4. The van der Waals surface area contributed by atoms with Crippen LogP contribution in [0.25, 0.3) is 0 Å². The summed E-state index contributed by atoms with van der Waals surface area (Å²) in [6, 6.07) is 10.6. The Hall–Kier alpha value is -1.81. The molecule has 1 aromatic heterocycles. The molecule has 1 N–H and O–H groups in total. The average molecular weight is 289 g/mol. The van der Waals surface area contributed by atoms with Gasteiger partial charge in [0.1, 0.15) is 5.02 Å². The van der Waals surface area contributed by atoms with Gasteiger partial charge in [-0.25, -0.2) is 4.98 Å². The highest BCUT2D eigenvalue weighted by Crippen LogP contribution is 2.33. The monoisotopic (exact) mass is 288 g/mol. The van der Waals surface area contributed by atoms with Gasteiger partial charge in [0.25, 0.3) is 0 Å². The third-order valence-electron chi connectivity index (χ3n) is 3.71. The number of aromatic nitrogens is 2. The van der Waals surface area contributed by atoms with Crippen LogP contribution in [0.5, 0.6) is 0 Å². The highest BCUT2D eigenvalue weighted by atomic mass is 35.5. The lowest BCUT2D eigenvalue weighted by atomic mass is 9.99. The molecule has 0 radical (unpaired) electrons. The second kappa shape index (κ2) is 5.67. The van der Waals surface area contributed by atoms with Crippen molar-refractivity contribution in [3.63, 3.8) is 0 Å². The quantitative estimate of drug-likeness (QED) is 0.942. The molecule has 4 nitrogen and oxygen atoms in total. The van der Waals surface area contributed by atoms with Crippen LogP contribution < -0.4 is 10.2 Å². The predicted molar refractivity (Wildman–Crippen MR) is 82.6 cm³/mol. The van der Waals surface area contributed by atoms with Gasteiger partial charge in [0.05, 0.1) is 6.20 Å². The van der Waals surface area contributed by atoms with Crippen molar-refractivity contribution in [3.8, 4) is 0 Å². The maximum atomic E-state index is 6.23. The minimum atomic E-state index is 0.542. The minimum absolute atomic E-state index is 0.542. The van der Waals surface area contributed by atoms with Crippen LogP contribution in [0.1, 0.15) is 17.9 Å². The Morgan fingerprint density at radius 3 is 2.85 bits per heavy atom. The molecule has 2 heterocycles. The Kier molecular flexibility index (Phi) is 3.74. The molecule has 1 atom stereocenters. The van der Waals surface area contributed by atoms with E-state index in [4.69, 9.17) is 11.6 Å². The number of nitrogens with zero attached hydrogens (tertiary/aromatic N) is 3. The summed E-state index contributed by atoms with van der Waals surface area (Å²) in [5.74, 6) is 1.97. The van der Waals surface area contributed by atoms with Gasteiger partial charge in [-0.3, -0.25) is 0 Å². The van der Waals surface area contributed by atoms with E-state index in [-0.39, 0.29) is 0 Å². The van der Waals surface area contributed by atoms with Crippen molar-refractivity contribution >= 4 is 23.4 Å². The molecule has 0 bridgehead atoms. The van der Waals surface area contributed by atoms with Crippen LogP contribution >= 0.6 is 11.6 Å². The number of rotatable bonds is 3. The van der Waals surface area contributed by atoms with E-state index in [1.54, 1.807) is 6.20 Å². The van der Waals surface area contributed by atoms with E-state index < -0.39 is 0 Å². The summed E-state index contributed by atoms with van der Waals surface area (Å²) >= 11 is 6.23. The lowest BCUT2D eigenvalue weighted by molar-refractivity contribution is 0.774. The summed E-state index contributed by atoms with van der Waals surface area (Å²) in [6.07, 6.45) is 2.78.